The summed E-state index contributed by atoms with van der Waals surface area (Å²) in [5.41, 5.74) is 1.32. The first-order valence-electron chi connectivity index (χ1n) is 11.3. The Kier molecular flexibility index (Phi) is 7.15. The molecule has 3 heteroatoms. The first-order chi connectivity index (χ1) is 14.2. The summed E-state index contributed by atoms with van der Waals surface area (Å²) in [7, 11) is -2.50. The average Bonchev–Trinajstić information content (AvgIpc) is 3.17. The van der Waals surface area contributed by atoms with E-state index in [0.717, 1.165) is 19.3 Å². The molecule has 2 aromatic rings. The molecule has 0 saturated heterocycles. The third-order valence-corrected chi connectivity index (χ3v) is 11.6. The average molecular weight is 421 g/mol. The largest absolute Gasteiger partial charge is 0.405 e. The highest BCUT2D eigenvalue weighted by Gasteiger charge is 2.50. The predicted molar refractivity (Wildman–Crippen MR) is 129 cm³/mol. The number of allylic oxidation sites excluding steroid dienone is 2. The zero-order valence-electron chi connectivity index (χ0n) is 19.2. The van der Waals surface area contributed by atoms with Crippen molar-refractivity contribution in [3.63, 3.8) is 0 Å². The lowest BCUT2D eigenvalue weighted by Crippen LogP contribution is -2.67. The minimum absolute atomic E-state index is 0.00399. The molecule has 1 aliphatic carbocycles. The van der Waals surface area contributed by atoms with E-state index in [1.54, 1.807) is 0 Å². The van der Waals surface area contributed by atoms with Gasteiger partial charge in [-0.25, -0.2) is 0 Å². The van der Waals surface area contributed by atoms with Crippen molar-refractivity contribution < 1.29 is 9.22 Å². The van der Waals surface area contributed by atoms with Crippen molar-refractivity contribution in [1.29, 1.82) is 0 Å². The smallest absolute Gasteiger partial charge is 0.261 e. The van der Waals surface area contributed by atoms with Gasteiger partial charge in [0, 0.05) is 12.5 Å². The van der Waals surface area contributed by atoms with E-state index < -0.39 is 8.32 Å². The Bertz CT molecular complexity index is 825. The summed E-state index contributed by atoms with van der Waals surface area (Å²) in [4.78, 5) is 11.6. The Labute approximate surface area is 183 Å². The quantitative estimate of drug-likeness (QED) is 0.515. The monoisotopic (exact) mass is 420 g/mol. The molecular weight excluding hydrogens is 384 g/mol. The number of hydrogen-bond acceptors (Lipinski definition) is 2. The number of carbonyl (C=O) groups is 1. The maximum atomic E-state index is 11.6. The van der Waals surface area contributed by atoms with Crippen LogP contribution in [0.1, 0.15) is 60.3 Å². The molecule has 0 unspecified atom stereocenters. The van der Waals surface area contributed by atoms with Gasteiger partial charge in [-0.05, 0) is 53.6 Å². The van der Waals surface area contributed by atoms with Gasteiger partial charge in [0.1, 0.15) is 0 Å². The molecular formula is C27H36O2Si. The minimum atomic E-state index is -2.50. The van der Waals surface area contributed by atoms with Crippen LogP contribution in [0.3, 0.4) is 0 Å². The predicted octanol–water partition coefficient (Wildman–Crippen LogP) is 5.66. The Morgan fingerprint density at radius 2 is 1.40 bits per heavy atom. The first kappa shape index (κ1) is 22.7. The van der Waals surface area contributed by atoms with E-state index in [2.05, 4.69) is 95.3 Å². The maximum absolute atomic E-state index is 11.6. The van der Waals surface area contributed by atoms with Crippen LogP contribution in [-0.2, 0) is 9.22 Å². The van der Waals surface area contributed by atoms with E-state index in [-0.39, 0.29) is 16.9 Å². The van der Waals surface area contributed by atoms with Gasteiger partial charge in [0.15, 0.2) is 5.78 Å². The molecule has 0 saturated carbocycles. The van der Waals surface area contributed by atoms with Crippen molar-refractivity contribution in [1.82, 2.24) is 0 Å². The van der Waals surface area contributed by atoms with E-state index in [1.807, 2.05) is 6.08 Å². The van der Waals surface area contributed by atoms with Gasteiger partial charge in [0.2, 0.25) is 0 Å². The fourth-order valence-electron chi connectivity index (χ4n) is 4.73. The van der Waals surface area contributed by atoms with Crippen LogP contribution in [-0.4, -0.2) is 20.2 Å². The second-order valence-corrected chi connectivity index (χ2v) is 14.0. The summed E-state index contributed by atoms with van der Waals surface area (Å²) in [6.45, 7) is 11.4. The molecule has 2 aromatic carbocycles. The third kappa shape index (κ3) is 4.84. The molecule has 0 aliphatic heterocycles. The van der Waals surface area contributed by atoms with Gasteiger partial charge in [0.25, 0.3) is 8.32 Å². The van der Waals surface area contributed by atoms with E-state index in [4.69, 9.17) is 4.43 Å². The van der Waals surface area contributed by atoms with Crippen LogP contribution in [0.5, 0.6) is 0 Å². The number of rotatable bonds is 8. The lowest BCUT2D eigenvalue weighted by Gasteiger charge is -2.44. The lowest BCUT2D eigenvalue weighted by atomic mass is 9.94. The minimum Gasteiger partial charge on any atom is -0.405 e. The summed E-state index contributed by atoms with van der Waals surface area (Å²) in [6, 6.07) is 21.7. The molecule has 3 rings (SSSR count). The van der Waals surface area contributed by atoms with Gasteiger partial charge in [-0.2, -0.15) is 0 Å². The van der Waals surface area contributed by atoms with Crippen LogP contribution < -0.4 is 10.4 Å². The standard InChI is InChI=1S/C27H36O2Si/c1-21(23-18-19-24(28)20-23)16-17-22(2)29-30(27(3,4)5,25-12-8-6-9-13-25)26-14-10-7-11-15-26/h6-15,20-22H,16-19H2,1-5H3/t21-,22-/m1/s1. The van der Waals surface area contributed by atoms with E-state index in [0.29, 0.717) is 12.3 Å². The molecule has 1 aliphatic rings. The van der Waals surface area contributed by atoms with Gasteiger partial charge in [-0.3, -0.25) is 4.79 Å². The number of benzene rings is 2. The number of hydrogen-bond donors (Lipinski definition) is 0. The molecule has 0 radical (unpaired) electrons. The summed E-state index contributed by atoms with van der Waals surface area (Å²) >= 11 is 0. The van der Waals surface area contributed by atoms with Crippen LogP contribution in [0.15, 0.2) is 72.3 Å². The van der Waals surface area contributed by atoms with Crippen LogP contribution in [0, 0.1) is 5.92 Å². The molecule has 0 amide bonds. The molecule has 160 valence electrons. The second-order valence-electron chi connectivity index (χ2n) is 9.76. The molecule has 0 bridgehead atoms. The van der Waals surface area contributed by atoms with Gasteiger partial charge in [-0.15, -0.1) is 0 Å². The topological polar surface area (TPSA) is 26.3 Å². The fraction of sp³-hybridized carbons (Fsp3) is 0.444. The number of carbonyl (C=O) groups excluding carboxylic acids is 1. The summed E-state index contributed by atoms with van der Waals surface area (Å²) < 4.78 is 7.16. The molecule has 0 spiro atoms. The molecule has 0 fully saturated rings. The first-order valence-corrected chi connectivity index (χ1v) is 13.2. The highest BCUT2D eigenvalue weighted by Crippen LogP contribution is 2.38. The molecule has 2 nitrogen and oxygen atoms in total. The van der Waals surface area contributed by atoms with Crippen molar-refractivity contribution >= 4 is 24.5 Å². The molecule has 0 heterocycles. The summed E-state index contributed by atoms with van der Waals surface area (Å²) in [5, 5.41) is 2.65. The van der Waals surface area contributed by atoms with Crippen molar-refractivity contribution in [3.05, 3.63) is 72.3 Å². The van der Waals surface area contributed by atoms with E-state index >= 15 is 0 Å². The molecule has 0 aromatic heterocycles. The van der Waals surface area contributed by atoms with Crippen LogP contribution >= 0.6 is 0 Å². The molecule has 2 atom stereocenters. The Morgan fingerprint density at radius 1 is 0.867 bits per heavy atom. The van der Waals surface area contributed by atoms with Gasteiger partial charge in [0.05, 0.1) is 0 Å². The van der Waals surface area contributed by atoms with Crippen LogP contribution in [0.4, 0.5) is 0 Å². The maximum Gasteiger partial charge on any atom is 0.261 e. The van der Waals surface area contributed by atoms with Crippen molar-refractivity contribution in [3.8, 4) is 0 Å². The zero-order valence-corrected chi connectivity index (χ0v) is 20.2. The molecule has 30 heavy (non-hydrogen) atoms. The van der Waals surface area contributed by atoms with Crippen molar-refractivity contribution in [2.75, 3.05) is 0 Å². The van der Waals surface area contributed by atoms with Crippen LogP contribution in [0.25, 0.3) is 0 Å². The van der Waals surface area contributed by atoms with Crippen molar-refractivity contribution in [2.45, 2.75) is 71.4 Å². The Morgan fingerprint density at radius 3 is 1.83 bits per heavy atom. The van der Waals surface area contributed by atoms with E-state index in [9.17, 15) is 4.79 Å². The summed E-state index contributed by atoms with van der Waals surface area (Å²) in [6.07, 6.45) is 5.70. The number of ketones is 1. The van der Waals surface area contributed by atoms with Gasteiger partial charge >= 0.3 is 0 Å². The van der Waals surface area contributed by atoms with Crippen molar-refractivity contribution in [2.24, 2.45) is 5.92 Å². The highest BCUT2D eigenvalue weighted by atomic mass is 28.4. The molecule has 0 N–H and O–H groups in total. The SMILES string of the molecule is C[C@H](CC[C@@H](C)C1=CC(=O)CC1)O[Si](c1ccccc1)(c1ccccc1)C(C)(C)C. The normalized spacial score (nSPS) is 17.0. The highest BCUT2D eigenvalue weighted by molar-refractivity contribution is 6.99. The third-order valence-electron chi connectivity index (χ3n) is 6.44. The zero-order chi connectivity index (χ0) is 21.8. The van der Waals surface area contributed by atoms with Crippen LogP contribution in [0.2, 0.25) is 5.04 Å². The van der Waals surface area contributed by atoms with Gasteiger partial charge < -0.3 is 4.43 Å². The summed E-state index contributed by atoms with van der Waals surface area (Å²) in [5.74, 6) is 0.732. The Hall–Kier alpha value is -1.97. The lowest BCUT2D eigenvalue weighted by molar-refractivity contribution is -0.114. The second kappa shape index (κ2) is 9.45. The van der Waals surface area contributed by atoms with E-state index in [1.165, 1.54) is 15.9 Å². The fourth-order valence-corrected chi connectivity index (χ4v) is 9.47. The van der Waals surface area contributed by atoms with Gasteiger partial charge in [-0.1, -0.05) is 93.9 Å². The Balaban J connectivity index is 1.87.